The van der Waals surface area contributed by atoms with Gasteiger partial charge in [-0.3, -0.25) is 9.67 Å². The zero-order chi connectivity index (χ0) is 18.4. The van der Waals surface area contributed by atoms with Gasteiger partial charge in [-0.25, -0.2) is 4.39 Å². The highest BCUT2D eigenvalue weighted by Crippen LogP contribution is 2.19. The Morgan fingerprint density at radius 1 is 1.30 bits per heavy atom. The molecule has 27 heavy (non-hydrogen) atoms. The summed E-state index contributed by atoms with van der Waals surface area (Å²) in [4.78, 5) is 7.75. The van der Waals surface area contributed by atoms with Crippen molar-refractivity contribution in [3.63, 3.8) is 0 Å². The molecule has 0 saturated heterocycles. The van der Waals surface area contributed by atoms with Crippen LogP contribution in [0.4, 0.5) is 4.39 Å². The third kappa shape index (κ3) is 5.95. The van der Waals surface area contributed by atoms with Gasteiger partial charge in [-0.15, -0.1) is 24.0 Å². The Balaban J connectivity index is 0.00000261. The third-order valence-electron chi connectivity index (χ3n) is 4.19. The number of H-pyrrole nitrogens is 1. The first kappa shape index (κ1) is 21.2. The molecule has 0 aliphatic heterocycles. The topological polar surface area (TPSA) is 70.0 Å². The predicted octanol–water partition coefficient (Wildman–Crippen LogP) is 3.00. The van der Waals surface area contributed by atoms with Gasteiger partial charge in [0, 0.05) is 50.0 Å². The maximum Gasteiger partial charge on any atom is 0.191 e. The first-order valence-electron chi connectivity index (χ1n) is 8.91. The Kier molecular flexibility index (Phi) is 8.08. The summed E-state index contributed by atoms with van der Waals surface area (Å²) >= 11 is 0. The fraction of sp³-hybridized carbons (Fsp3) is 0.368. The second-order valence-electron chi connectivity index (χ2n) is 6.21. The van der Waals surface area contributed by atoms with E-state index in [0.29, 0.717) is 6.54 Å². The summed E-state index contributed by atoms with van der Waals surface area (Å²) in [7, 11) is 1.92. The van der Waals surface area contributed by atoms with Gasteiger partial charge in [-0.1, -0.05) is 0 Å². The molecular formula is C19H26FIN6. The van der Waals surface area contributed by atoms with Crippen LogP contribution in [0.3, 0.4) is 0 Å². The number of benzene rings is 1. The fourth-order valence-corrected chi connectivity index (χ4v) is 2.92. The molecule has 0 spiro atoms. The van der Waals surface area contributed by atoms with Crippen LogP contribution < -0.4 is 10.6 Å². The number of aryl methyl sites for hydroxylation is 1. The Hall–Kier alpha value is -2.10. The highest BCUT2D eigenvalue weighted by atomic mass is 127. The average molecular weight is 484 g/mol. The van der Waals surface area contributed by atoms with Crippen LogP contribution in [0.5, 0.6) is 0 Å². The zero-order valence-electron chi connectivity index (χ0n) is 15.6. The quantitative estimate of drug-likeness (QED) is 0.275. The number of halogens is 2. The SMILES string of the molecule is CCNC(=NCCc1c[nH]c2cc(F)ccc12)NCCc1cnn(C)c1.I. The Morgan fingerprint density at radius 3 is 2.89 bits per heavy atom. The predicted molar refractivity (Wildman–Crippen MR) is 118 cm³/mol. The third-order valence-corrected chi connectivity index (χ3v) is 4.19. The molecule has 8 heteroatoms. The normalized spacial score (nSPS) is 11.4. The Morgan fingerprint density at radius 2 is 2.15 bits per heavy atom. The minimum atomic E-state index is -0.226. The van der Waals surface area contributed by atoms with Crippen molar-refractivity contribution in [1.82, 2.24) is 25.4 Å². The van der Waals surface area contributed by atoms with Crippen LogP contribution in [0.15, 0.2) is 41.8 Å². The number of aromatic nitrogens is 3. The van der Waals surface area contributed by atoms with Crippen LogP contribution >= 0.6 is 24.0 Å². The molecule has 0 atom stereocenters. The number of aromatic amines is 1. The molecule has 0 bridgehead atoms. The number of hydrogen-bond donors (Lipinski definition) is 3. The fourth-order valence-electron chi connectivity index (χ4n) is 2.92. The second-order valence-corrected chi connectivity index (χ2v) is 6.21. The standard InChI is InChI=1S/C19H25FN6.HI/c1-3-21-19(22-8-6-14-11-25-26(2)13-14)23-9-7-15-12-24-18-10-16(20)4-5-17(15)18;/h4-5,10-13,24H,3,6-9H2,1-2H3,(H2,21,22,23);1H. The van der Waals surface area contributed by atoms with Crippen LogP contribution in [0.25, 0.3) is 10.9 Å². The van der Waals surface area contributed by atoms with Crippen LogP contribution in [-0.2, 0) is 19.9 Å². The van der Waals surface area contributed by atoms with E-state index in [4.69, 9.17) is 0 Å². The maximum atomic E-state index is 13.3. The van der Waals surface area contributed by atoms with Crippen molar-refractivity contribution in [2.24, 2.45) is 12.0 Å². The van der Waals surface area contributed by atoms with Gasteiger partial charge in [0.15, 0.2) is 5.96 Å². The van der Waals surface area contributed by atoms with E-state index >= 15 is 0 Å². The summed E-state index contributed by atoms with van der Waals surface area (Å²) in [5.74, 6) is 0.582. The van der Waals surface area contributed by atoms with Gasteiger partial charge in [-0.05, 0) is 49.1 Å². The molecule has 2 aromatic heterocycles. The van der Waals surface area contributed by atoms with Crippen molar-refractivity contribution in [3.05, 3.63) is 53.7 Å². The van der Waals surface area contributed by atoms with Gasteiger partial charge in [0.1, 0.15) is 5.82 Å². The molecule has 0 aliphatic carbocycles. The molecule has 3 rings (SSSR count). The summed E-state index contributed by atoms with van der Waals surface area (Å²) in [6, 6.07) is 4.83. The molecule has 0 saturated carbocycles. The van der Waals surface area contributed by atoms with Crippen LogP contribution in [0.1, 0.15) is 18.1 Å². The Labute approximate surface area is 175 Å². The monoisotopic (exact) mass is 484 g/mol. The second kappa shape index (κ2) is 10.3. The molecule has 146 valence electrons. The number of nitrogens with one attached hydrogen (secondary N) is 3. The summed E-state index contributed by atoms with van der Waals surface area (Å²) < 4.78 is 15.1. The summed E-state index contributed by atoms with van der Waals surface area (Å²) in [6.07, 6.45) is 7.52. The van der Waals surface area contributed by atoms with Crippen molar-refractivity contribution in [3.8, 4) is 0 Å². The van der Waals surface area contributed by atoms with E-state index in [-0.39, 0.29) is 29.8 Å². The van der Waals surface area contributed by atoms with Crippen molar-refractivity contribution in [2.75, 3.05) is 19.6 Å². The molecule has 1 aromatic carbocycles. The van der Waals surface area contributed by atoms with Gasteiger partial charge < -0.3 is 15.6 Å². The van der Waals surface area contributed by atoms with E-state index in [2.05, 4.69) is 25.7 Å². The largest absolute Gasteiger partial charge is 0.361 e. The van der Waals surface area contributed by atoms with E-state index in [9.17, 15) is 4.39 Å². The lowest BCUT2D eigenvalue weighted by Gasteiger charge is -2.10. The first-order valence-corrected chi connectivity index (χ1v) is 8.91. The van der Waals surface area contributed by atoms with Crippen molar-refractivity contribution >= 4 is 40.8 Å². The lowest BCUT2D eigenvalue weighted by molar-refractivity contribution is 0.629. The van der Waals surface area contributed by atoms with E-state index in [1.807, 2.05) is 43.3 Å². The lowest BCUT2D eigenvalue weighted by atomic mass is 10.1. The summed E-state index contributed by atoms with van der Waals surface area (Å²) in [5.41, 5.74) is 3.17. The highest BCUT2D eigenvalue weighted by Gasteiger charge is 2.05. The number of rotatable bonds is 7. The Bertz CT molecular complexity index is 885. The van der Waals surface area contributed by atoms with E-state index < -0.39 is 0 Å². The first-order chi connectivity index (χ1) is 12.7. The van der Waals surface area contributed by atoms with Crippen LogP contribution in [-0.4, -0.2) is 40.4 Å². The minimum Gasteiger partial charge on any atom is -0.361 e. The molecule has 0 amide bonds. The number of hydrogen-bond acceptors (Lipinski definition) is 2. The number of nitrogens with zero attached hydrogens (tertiary/aromatic N) is 3. The van der Waals surface area contributed by atoms with Crippen molar-refractivity contribution in [1.29, 1.82) is 0 Å². The summed E-state index contributed by atoms with van der Waals surface area (Å²) in [6.45, 7) is 4.31. The molecule has 0 unspecified atom stereocenters. The maximum absolute atomic E-state index is 13.3. The van der Waals surface area contributed by atoms with Crippen molar-refractivity contribution < 1.29 is 4.39 Å². The number of fused-ring (bicyclic) bond motifs is 1. The molecular weight excluding hydrogens is 458 g/mol. The van der Waals surface area contributed by atoms with Gasteiger partial charge in [0.25, 0.3) is 0 Å². The van der Waals surface area contributed by atoms with Crippen LogP contribution in [0, 0.1) is 5.82 Å². The highest BCUT2D eigenvalue weighted by molar-refractivity contribution is 14.0. The molecule has 6 nitrogen and oxygen atoms in total. The minimum absolute atomic E-state index is 0. The van der Waals surface area contributed by atoms with Gasteiger partial charge in [0.05, 0.1) is 6.20 Å². The number of guanidine groups is 1. The molecule has 0 aliphatic rings. The summed E-state index contributed by atoms with van der Waals surface area (Å²) in [5, 5.41) is 11.8. The molecule has 0 fully saturated rings. The molecule has 2 heterocycles. The van der Waals surface area contributed by atoms with Gasteiger partial charge >= 0.3 is 0 Å². The van der Waals surface area contributed by atoms with E-state index in [1.54, 1.807) is 0 Å². The van der Waals surface area contributed by atoms with E-state index in [1.165, 1.54) is 17.7 Å². The van der Waals surface area contributed by atoms with Crippen molar-refractivity contribution in [2.45, 2.75) is 19.8 Å². The van der Waals surface area contributed by atoms with Gasteiger partial charge in [-0.2, -0.15) is 5.10 Å². The molecule has 3 N–H and O–H groups in total. The molecule has 3 aromatic rings. The van der Waals surface area contributed by atoms with Crippen LogP contribution in [0.2, 0.25) is 0 Å². The number of aliphatic imine (C=N–C) groups is 1. The smallest absolute Gasteiger partial charge is 0.191 e. The van der Waals surface area contributed by atoms with Gasteiger partial charge in [0.2, 0.25) is 0 Å². The molecule has 0 radical (unpaired) electrons. The zero-order valence-corrected chi connectivity index (χ0v) is 18.0. The average Bonchev–Trinajstić information content (AvgIpc) is 3.21. The van der Waals surface area contributed by atoms with E-state index in [0.717, 1.165) is 48.4 Å². The lowest BCUT2D eigenvalue weighted by Crippen LogP contribution is -2.38.